The van der Waals surface area contributed by atoms with E-state index in [0.29, 0.717) is 17.6 Å². The van der Waals surface area contributed by atoms with Crippen LogP contribution in [0.1, 0.15) is 22.0 Å². The van der Waals surface area contributed by atoms with Gasteiger partial charge in [0, 0.05) is 6.07 Å². The number of hydrogen-bond acceptors (Lipinski definition) is 4. The Morgan fingerprint density at radius 3 is 2.68 bits per heavy atom. The first-order valence-corrected chi connectivity index (χ1v) is 6.68. The number of carbonyl (C=O) groups excluding carboxylic acids is 1. The molecule has 4 rings (SSSR count). The summed E-state index contributed by atoms with van der Waals surface area (Å²) >= 11 is 0. The van der Waals surface area contributed by atoms with Crippen LogP contribution in [0.25, 0.3) is 0 Å². The smallest absolute Gasteiger partial charge is 0.231 e. The van der Waals surface area contributed by atoms with Gasteiger partial charge < -0.3 is 14.2 Å². The van der Waals surface area contributed by atoms with Crippen molar-refractivity contribution >= 4 is 5.78 Å². The molecule has 1 fully saturated rings. The molecule has 2 aliphatic heterocycles. The van der Waals surface area contributed by atoms with E-state index in [1.165, 1.54) is 0 Å². The molecule has 0 radical (unpaired) electrons. The van der Waals surface area contributed by atoms with Crippen LogP contribution in [0.3, 0.4) is 0 Å². The largest absolute Gasteiger partial charge is 0.454 e. The molecule has 2 aromatic carbocycles. The quantitative estimate of drug-likeness (QED) is 0.646. The molecule has 1 saturated heterocycles. The molecule has 6 heteroatoms. The Kier molecular flexibility index (Phi) is 2.87. The van der Waals surface area contributed by atoms with Crippen LogP contribution in [0.2, 0.25) is 0 Å². The van der Waals surface area contributed by atoms with Gasteiger partial charge in [0.25, 0.3) is 0 Å². The van der Waals surface area contributed by atoms with Crippen LogP contribution in [0.4, 0.5) is 8.78 Å². The third-order valence-corrected chi connectivity index (χ3v) is 3.67. The first-order valence-electron chi connectivity index (χ1n) is 6.68. The highest BCUT2D eigenvalue weighted by Gasteiger charge is 2.47. The minimum absolute atomic E-state index is 0.160. The number of ketones is 1. The lowest BCUT2D eigenvalue weighted by Crippen LogP contribution is -2.10. The van der Waals surface area contributed by atoms with Crippen molar-refractivity contribution in [2.75, 3.05) is 6.79 Å². The monoisotopic (exact) mass is 304 g/mol. The molecule has 0 amide bonds. The lowest BCUT2D eigenvalue weighted by molar-refractivity contribution is 0.0949. The van der Waals surface area contributed by atoms with Crippen LogP contribution in [-0.2, 0) is 4.74 Å². The van der Waals surface area contributed by atoms with Gasteiger partial charge in [-0.2, -0.15) is 0 Å². The number of Topliss-reactive ketones (excluding diaryl/α,β-unsaturated/α-hetero) is 1. The van der Waals surface area contributed by atoms with Gasteiger partial charge in [0.1, 0.15) is 17.7 Å². The summed E-state index contributed by atoms with van der Waals surface area (Å²) in [6, 6.07) is 8.11. The molecule has 2 heterocycles. The van der Waals surface area contributed by atoms with Crippen molar-refractivity contribution < 1.29 is 27.8 Å². The van der Waals surface area contributed by atoms with E-state index in [-0.39, 0.29) is 12.4 Å². The van der Waals surface area contributed by atoms with Gasteiger partial charge in [0.05, 0.1) is 5.56 Å². The van der Waals surface area contributed by atoms with Crippen molar-refractivity contribution in [1.29, 1.82) is 0 Å². The molecular weight excluding hydrogens is 294 g/mol. The first kappa shape index (κ1) is 13.2. The molecule has 2 aliphatic rings. The molecule has 2 unspecified atom stereocenters. The van der Waals surface area contributed by atoms with Crippen molar-refractivity contribution in [2.45, 2.75) is 12.2 Å². The summed E-state index contributed by atoms with van der Waals surface area (Å²) < 4.78 is 42.4. The molecule has 2 atom stereocenters. The zero-order valence-corrected chi connectivity index (χ0v) is 11.2. The van der Waals surface area contributed by atoms with Crippen LogP contribution in [0.5, 0.6) is 11.5 Å². The highest BCUT2D eigenvalue weighted by Crippen LogP contribution is 2.44. The maximum atomic E-state index is 13.6. The lowest BCUT2D eigenvalue weighted by atomic mass is 10.0. The number of halogens is 2. The molecule has 0 saturated carbocycles. The number of hydrogen-bond donors (Lipinski definition) is 0. The summed E-state index contributed by atoms with van der Waals surface area (Å²) in [5, 5.41) is 0. The van der Waals surface area contributed by atoms with E-state index in [9.17, 15) is 13.6 Å². The van der Waals surface area contributed by atoms with Crippen molar-refractivity contribution in [2.24, 2.45) is 0 Å². The fourth-order valence-corrected chi connectivity index (χ4v) is 2.50. The minimum atomic E-state index is -0.884. The summed E-state index contributed by atoms with van der Waals surface area (Å²) in [7, 11) is 0. The van der Waals surface area contributed by atoms with E-state index in [0.717, 1.165) is 17.7 Å². The van der Waals surface area contributed by atoms with E-state index >= 15 is 0 Å². The number of benzene rings is 2. The van der Waals surface area contributed by atoms with Gasteiger partial charge in [-0.05, 0) is 29.8 Å². The number of rotatable bonds is 3. The fourth-order valence-electron chi connectivity index (χ4n) is 2.50. The fraction of sp³-hybridized carbons (Fsp3) is 0.188. The second-order valence-corrected chi connectivity index (χ2v) is 5.08. The van der Waals surface area contributed by atoms with Gasteiger partial charge >= 0.3 is 0 Å². The highest BCUT2D eigenvalue weighted by atomic mass is 19.1. The van der Waals surface area contributed by atoms with Crippen LogP contribution in [-0.4, -0.2) is 18.7 Å². The van der Waals surface area contributed by atoms with Crippen molar-refractivity contribution in [3.8, 4) is 11.5 Å². The van der Waals surface area contributed by atoms with E-state index in [4.69, 9.17) is 14.2 Å². The average molecular weight is 304 g/mol. The number of carbonyl (C=O) groups is 1. The molecule has 0 aliphatic carbocycles. The molecule has 0 bridgehead atoms. The highest BCUT2D eigenvalue weighted by molar-refractivity contribution is 6.01. The molecule has 0 spiro atoms. The second kappa shape index (κ2) is 4.78. The van der Waals surface area contributed by atoms with E-state index < -0.39 is 29.6 Å². The third kappa shape index (κ3) is 2.12. The van der Waals surface area contributed by atoms with E-state index in [2.05, 4.69) is 0 Å². The summed E-state index contributed by atoms with van der Waals surface area (Å²) in [4.78, 5) is 12.2. The number of ether oxygens (including phenoxy) is 3. The predicted molar refractivity (Wildman–Crippen MR) is 70.9 cm³/mol. The predicted octanol–water partition coefficient (Wildman–Crippen LogP) is 3.02. The summed E-state index contributed by atoms with van der Waals surface area (Å²) in [6.45, 7) is 0.160. The Balaban J connectivity index is 1.55. The average Bonchev–Trinajstić information content (AvgIpc) is 3.16. The van der Waals surface area contributed by atoms with E-state index in [1.807, 2.05) is 0 Å². The second-order valence-electron chi connectivity index (χ2n) is 5.08. The number of fused-ring (bicyclic) bond motifs is 1. The molecule has 4 nitrogen and oxygen atoms in total. The third-order valence-electron chi connectivity index (χ3n) is 3.67. The SMILES string of the molecule is O=C(c1ccc(F)cc1F)C1OC1c1ccc2c(c1)OCO2. The Labute approximate surface area is 124 Å². The molecule has 0 N–H and O–H groups in total. The Morgan fingerprint density at radius 2 is 1.86 bits per heavy atom. The zero-order chi connectivity index (χ0) is 15.3. The van der Waals surface area contributed by atoms with Gasteiger partial charge in [-0.1, -0.05) is 6.07 Å². The summed E-state index contributed by atoms with van der Waals surface area (Å²) in [6.07, 6.45) is -1.22. The number of epoxide rings is 1. The van der Waals surface area contributed by atoms with Crippen LogP contribution in [0, 0.1) is 11.6 Å². The van der Waals surface area contributed by atoms with Gasteiger partial charge in [0.2, 0.25) is 6.79 Å². The normalized spacial score (nSPS) is 21.7. The van der Waals surface area contributed by atoms with Gasteiger partial charge in [-0.25, -0.2) is 8.78 Å². The van der Waals surface area contributed by atoms with Crippen LogP contribution >= 0.6 is 0 Å². The van der Waals surface area contributed by atoms with Gasteiger partial charge in [-0.15, -0.1) is 0 Å². The summed E-state index contributed by atoms with van der Waals surface area (Å²) in [5.74, 6) is -0.882. The molecule has 22 heavy (non-hydrogen) atoms. The maximum absolute atomic E-state index is 13.6. The van der Waals surface area contributed by atoms with Crippen LogP contribution in [0.15, 0.2) is 36.4 Å². The van der Waals surface area contributed by atoms with Crippen LogP contribution < -0.4 is 9.47 Å². The zero-order valence-electron chi connectivity index (χ0n) is 11.2. The molecule has 0 aromatic heterocycles. The first-order chi connectivity index (χ1) is 10.6. The Morgan fingerprint density at radius 1 is 1.05 bits per heavy atom. The van der Waals surface area contributed by atoms with E-state index in [1.54, 1.807) is 18.2 Å². The standard InChI is InChI=1S/C16H10F2O4/c17-9-2-3-10(11(18)6-9)14(19)16-15(22-16)8-1-4-12-13(5-8)21-7-20-12/h1-6,15-16H,7H2. The molecule has 2 aromatic rings. The summed E-state index contributed by atoms with van der Waals surface area (Å²) in [5.41, 5.74) is 0.583. The van der Waals surface area contributed by atoms with Gasteiger partial charge in [0.15, 0.2) is 23.4 Å². The van der Waals surface area contributed by atoms with Gasteiger partial charge in [-0.3, -0.25) is 4.79 Å². The molecule has 112 valence electrons. The maximum Gasteiger partial charge on any atom is 0.231 e. The minimum Gasteiger partial charge on any atom is -0.454 e. The van der Waals surface area contributed by atoms with Crippen molar-refractivity contribution in [3.05, 3.63) is 59.2 Å². The Bertz CT molecular complexity index is 775. The topological polar surface area (TPSA) is 48.1 Å². The van der Waals surface area contributed by atoms with Crippen molar-refractivity contribution in [3.63, 3.8) is 0 Å². The van der Waals surface area contributed by atoms with Crippen molar-refractivity contribution in [1.82, 2.24) is 0 Å². The lowest BCUT2D eigenvalue weighted by Gasteiger charge is -2.01. The molecular formula is C16H10F2O4. The Hall–Kier alpha value is -2.47.